The van der Waals surface area contributed by atoms with Crippen LogP contribution in [0.15, 0.2) is 48.5 Å². The number of carbonyl (C=O) groups excluding carboxylic acids is 1. The van der Waals surface area contributed by atoms with E-state index in [2.05, 4.69) is 29.6 Å². The largest absolute Gasteiger partial charge is 0.462 e. The van der Waals surface area contributed by atoms with Crippen molar-refractivity contribution in [3.8, 4) is 0 Å². The molecule has 148 valence electrons. The molecule has 0 atom stereocenters. The van der Waals surface area contributed by atoms with Crippen molar-refractivity contribution >= 4 is 17.3 Å². The van der Waals surface area contributed by atoms with Crippen molar-refractivity contribution in [3.05, 3.63) is 59.7 Å². The molecule has 1 aliphatic heterocycles. The molecule has 1 heterocycles. The molecule has 0 radical (unpaired) electrons. The Morgan fingerprint density at radius 3 is 2.14 bits per heavy atom. The lowest BCUT2D eigenvalue weighted by Crippen LogP contribution is -2.34. The Balaban J connectivity index is 1.34. The van der Waals surface area contributed by atoms with Crippen LogP contribution in [0.4, 0.5) is 11.4 Å². The van der Waals surface area contributed by atoms with Crippen molar-refractivity contribution in [1.29, 1.82) is 0 Å². The molecule has 5 nitrogen and oxygen atoms in total. The first kappa shape index (κ1) is 19.0. The lowest BCUT2D eigenvalue weighted by molar-refractivity contribution is -0.178. The van der Waals surface area contributed by atoms with E-state index in [-0.39, 0.29) is 11.8 Å². The fraction of sp³-hybridized carbons (Fsp3) is 0.435. The van der Waals surface area contributed by atoms with Crippen LogP contribution in [0.1, 0.15) is 54.4 Å². The Bertz CT molecular complexity index is 784. The molecule has 2 aromatic rings. The van der Waals surface area contributed by atoms with E-state index in [1.54, 1.807) is 19.1 Å². The fourth-order valence-corrected chi connectivity index (χ4v) is 4.09. The summed E-state index contributed by atoms with van der Waals surface area (Å²) in [5, 5.41) is 3.38. The van der Waals surface area contributed by atoms with Gasteiger partial charge in [-0.2, -0.15) is 0 Å². The highest BCUT2D eigenvalue weighted by atomic mass is 16.7. The average Bonchev–Trinajstić information content (AvgIpc) is 3.18. The third-order valence-electron chi connectivity index (χ3n) is 5.63. The molecule has 0 bridgehead atoms. The normalized spacial score (nSPS) is 18.9. The zero-order valence-corrected chi connectivity index (χ0v) is 16.3. The Kier molecular flexibility index (Phi) is 5.64. The van der Waals surface area contributed by atoms with Crippen molar-refractivity contribution < 1.29 is 19.0 Å². The van der Waals surface area contributed by atoms with Crippen LogP contribution >= 0.6 is 0 Å². The van der Waals surface area contributed by atoms with E-state index in [1.165, 1.54) is 5.56 Å². The first-order valence-electron chi connectivity index (χ1n) is 10.1. The molecule has 0 unspecified atom stereocenters. The van der Waals surface area contributed by atoms with Gasteiger partial charge in [-0.3, -0.25) is 0 Å². The number of rotatable bonds is 5. The highest BCUT2D eigenvalue weighted by molar-refractivity contribution is 5.89. The van der Waals surface area contributed by atoms with Crippen molar-refractivity contribution in [3.63, 3.8) is 0 Å². The Morgan fingerprint density at radius 1 is 1.00 bits per heavy atom. The molecule has 0 amide bonds. The predicted molar refractivity (Wildman–Crippen MR) is 108 cm³/mol. The summed E-state index contributed by atoms with van der Waals surface area (Å²) >= 11 is 0. The van der Waals surface area contributed by atoms with Crippen LogP contribution in [0.3, 0.4) is 0 Å². The molecular weight excluding hydrogens is 354 g/mol. The second kappa shape index (κ2) is 8.33. The van der Waals surface area contributed by atoms with E-state index >= 15 is 0 Å². The predicted octanol–water partition coefficient (Wildman–Crippen LogP) is 5.01. The smallest absolute Gasteiger partial charge is 0.338 e. The van der Waals surface area contributed by atoms with Gasteiger partial charge in [-0.25, -0.2) is 4.79 Å². The van der Waals surface area contributed by atoms with Crippen LogP contribution in [0.25, 0.3) is 0 Å². The Morgan fingerprint density at radius 2 is 1.57 bits per heavy atom. The van der Waals surface area contributed by atoms with E-state index < -0.39 is 0 Å². The van der Waals surface area contributed by atoms with Crippen LogP contribution in [0, 0.1) is 0 Å². The first-order chi connectivity index (χ1) is 13.7. The molecule has 2 aliphatic rings. The van der Waals surface area contributed by atoms with Gasteiger partial charge < -0.3 is 19.5 Å². The average molecular weight is 381 g/mol. The number of carbonyl (C=O) groups is 1. The molecule has 1 spiro atoms. The Labute approximate surface area is 166 Å². The number of benzene rings is 2. The third-order valence-corrected chi connectivity index (χ3v) is 5.63. The van der Waals surface area contributed by atoms with Crippen LogP contribution < -0.4 is 5.32 Å². The van der Waals surface area contributed by atoms with Crippen molar-refractivity contribution in [2.75, 3.05) is 25.1 Å². The molecule has 0 aromatic heterocycles. The van der Waals surface area contributed by atoms with Crippen LogP contribution in [-0.4, -0.2) is 31.6 Å². The number of esters is 1. The minimum absolute atomic E-state index is 0.291. The number of ether oxygens (including phenoxy) is 3. The van der Waals surface area contributed by atoms with Gasteiger partial charge >= 0.3 is 5.97 Å². The van der Waals surface area contributed by atoms with Gasteiger partial charge in [0.05, 0.1) is 25.4 Å². The maximum absolute atomic E-state index is 11.7. The van der Waals surface area contributed by atoms with Crippen molar-refractivity contribution in [2.45, 2.75) is 44.3 Å². The number of nitrogens with one attached hydrogen (secondary N) is 1. The third kappa shape index (κ3) is 4.21. The summed E-state index contributed by atoms with van der Waals surface area (Å²) in [6, 6.07) is 16.0. The number of hydrogen-bond acceptors (Lipinski definition) is 5. The molecule has 2 fully saturated rings. The molecule has 1 N–H and O–H groups in total. The lowest BCUT2D eigenvalue weighted by atomic mass is 9.81. The molecule has 4 rings (SSSR count). The van der Waals surface area contributed by atoms with Crippen molar-refractivity contribution in [2.24, 2.45) is 0 Å². The highest BCUT2D eigenvalue weighted by Crippen LogP contribution is 2.42. The second-order valence-electron chi connectivity index (χ2n) is 7.43. The van der Waals surface area contributed by atoms with Gasteiger partial charge in [-0.15, -0.1) is 0 Å². The second-order valence-corrected chi connectivity index (χ2v) is 7.43. The summed E-state index contributed by atoms with van der Waals surface area (Å²) in [6.07, 6.45) is 4.15. The van der Waals surface area contributed by atoms with Crippen LogP contribution in [0.5, 0.6) is 0 Å². The summed E-state index contributed by atoms with van der Waals surface area (Å²) in [7, 11) is 0. The molecule has 1 aliphatic carbocycles. The zero-order valence-electron chi connectivity index (χ0n) is 16.3. The quantitative estimate of drug-likeness (QED) is 0.738. The van der Waals surface area contributed by atoms with E-state index in [1.807, 2.05) is 12.1 Å². The molecule has 1 saturated carbocycles. The van der Waals surface area contributed by atoms with Gasteiger partial charge in [-0.05, 0) is 67.6 Å². The van der Waals surface area contributed by atoms with Gasteiger partial charge in [0.25, 0.3) is 0 Å². The van der Waals surface area contributed by atoms with Gasteiger partial charge in [0, 0.05) is 24.2 Å². The van der Waals surface area contributed by atoms with Crippen LogP contribution in [0.2, 0.25) is 0 Å². The van der Waals surface area contributed by atoms with Gasteiger partial charge in [0.2, 0.25) is 0 Å². The van der Waals surface area contributed by atoms with E-state index in [4.69, 9.17) is 14.2 Å². The van der Waals surface area contributed by atoms with Gasteiger partial charge in [0.1, 0.15) is 0 Å². The maximum Gasteiger partial charge on any atom is 0.338 e. The van der Waals surface area contributed by atoms with E-state index in [0.29, 0.717) is 18.1 Å². The maximum atomic E-state index is 11.7. The standard InChI is InChI=1S/C23H27NO4/c1-2-26-22(25)19-5-9-21(10-6-19)24-20-7-3-17(4-8-20)18-11-13-23(14-12-18)27-15-16-28-23/h3-10,18,24H,2,11-16H2,1H3. The minimum Gasteiger partial charge on any atom is -0.462 e. The monoisotopic (exact) mass is 381 g/mol. The summed E-state index contributed by atoms with van der Waals surface area (Å²) < 4.78 is 16.7. The van der Waals surface area contributed by atoms with E-state index in [0.717, 1.165) is 50.3 Å². The molecule has 5 heteroatoms. The first-order valence-corrected chi connectivity index (χ1v) is 10.1. The summed E-state index contributed by atoms with van der Waals surface area (Å²) in [6.45, 7) is 3.64. The highest BCUT2D eigenvalue weighted by Gasteiger charge is 2.40. The van der Waals surface area contributed by atoms with E-state index in [9.17, 15) is 4.79 Å². The number of hydrogen-bond donors (Lipinski definition) is 1. The topological polar surface area (TPSA) is 56.8 Å². The molecule has 1 saturated heterocycles. The van der Waals surface area contributed by atoms with Gasteiger partial charge in [-0.1, -0.05) is 12.1 Å². The molecule has 2 aromatic carbocycles. The van der Waals surface area contributed by atoms with Crippen LogP contribution in [-0.2, 0) is 14.2 Å². The summed E-state index contributed by atoms with van der Waals surface area (Å²) in [5.41, 5.74) is 3.91. The minimum atomic E-state index is -0.298. The summed E-state index contributed by atoms with van der Waals surface area (Å²) in [4.78, 5) is 11.7. The van der Waals surface area contributed by atoms with Crippen molar-refractivity contribution in [1.82, 2.24) is 0 Å². The molecular formula is C23H27NO4. The molecule has 28 heavy (non-hydrogen) atoms. The Hall–Kier alpha value is -2.37. The van der Waals surface area contributed by atoms with Gasteiger partial charge in [0.15, 0.2) is 5.79 Å². The lowest BCUT2D eigenvalue weighted by Gasteiger charge is -2.35. The summed E-state index contributed by atoms with van der Waals surface area (Å²) in [5.74, 6) is -0.0225. The zero-order chi connectivity index (χ0) is 19.4. The fourth-order valence-electron chi connectivity index (χ4n) is 4.09. The number of anilines is 2. The SMILES string of the molecule is CCOC(=O)c1ccc(Nc2ccc(C3CCC4(CC3)OCCO4)cc2)cc1.